The predicted molar refractivity (Wildman–Crippen MR) is 84.9 cm³/mol. The molecular weight excluding hydrogens is 348 g/mol. The third-order valence-corrected chi connectivity index (χ3v) is 3.19. The van der Waals surface area contributed by atoms with E-state index < -0.39 is 39.7 Å². The molecule has 0 saturated carbocycles. The number of benzene rings is 1. The number of nitrogens with zero attached hydrogens (tertiary/aromatic N) is 2. The number of hydrogen-bond donors (Lipinski definition) is 0. The first-order valence-electron chi connectivity index (χ1n) is 7.53. The van der Waals surface area contributed by atoms with Gasteiger partial charge in [0.1, 0.15) is 5.56 Å². The molecule has 10 nitrogen and oxygen atoms in total. The van der Waals surface area contributed by atoms with Gasteiger partial charge in [-0.15, -0.1) is 0 Å². The molecule has 0 amide bonds. The van der Waals surface area contributed by atoms with Crippen LogP contribution in [-0.2, 0) is 9.47 Å². The highest BCUT2D eigenvalue weighted by atomic mass is 16.6. The minimum absolute atomic E-state index is 0.00473. The highest BCUT2D eigenvalue weighted by Gasteiger charge is 2.33. The largest absolute Gasteiger partial charge is 0.461 e. The average Bonchev–Trinajstić information content (AvgIpc) is 3.06. The molecule has 0 spiro atoms. The second-order valence-corrected chi connectivity index (χ2v) is 4.81. The van der Waals surface area contributed by atoms with E-state index in [4.69, 9.17) is 14.0 Å². The third-order valence-electron chi connectivity index (χ3n) is 3.19. The van der Waals surface area contributed by atoms with Crippen LogP contribution in [0.1, 0.15) is 50.8 Å². The fraction of sp³-hybridized carbons (Fsp3) is 0.250. The Kier molecular flexibility index (Phi) is 5.78. The van der Waals surface area contributed by atoms with Crippen molar-refractivity contribution in [3.05, 3.63) is 57.0 Å². The van der Waals surface area contributed by atoms with Gasteiger partial charge in [-0.25, -0.2) is 9.59 Å². The van der Waals surface area contributed by atoms with Gasteiger partial charge in [0, 0.05) is 17.7 Å². The summed E-state index contributed by atoms with van der Waals surface area (Å²) in [6.07, 6.45) is 0. The summed E-state index contributed by atoms with van der Waals surface area (Å²) in [4.78, 5) is 46.8. The molecule has 0 radical (unpaired) electrons. The molecule has 1 aromatic carbocycles. The van der Waals surface area contributed by atoms with Crippen molar-refractivity contribution in [1.82, 2.24) is 5.16 Å². The number of ether oxygens (including phenoxy) is 2. The normalized spacial score (nSPS) is 10.2. The Morgan fingerprint density at radius 1 is 1.08 bits per heavy atom. The molecule has 0 aliphatic carbocycles. The van der Waals surface area contributed by atoms with Gasteiger partial charge in [-0.2, -0.15) is 0 Å². The number of hydrogen-bond acceptors (Lipinski definition) is 9. The Bertz CT molecular complexity index is 818. The molecule has 136 valence electrons. The van der Waals surface area contributed by atoms with Gasteiger partial charge in [0.2, 0.25) is 5.69 Å². The van der Waals surface area contributed by atoms with E-state index in [1.54, 1.807) is 13.8 Å². The quantitative estimate of drug-likeness (QED) is 0.314. The summed E-state index contributed by atoms with van der Waals surface area (Å²) in [6, 6.07) is 4.62. The van der Waals surface area contributed by atoms with Crippen molar-refractivity contribution in [1.29, 1.82) is 0 Å². The first kappa shape index (κ1) is 18.8. The van der Waals surface area contributed by atoms with Gasteiger partial charge in [0.05, 0.1) is 18.1 Å². The number of ketones is 1. The number of nitro groups is 1. The lowest BCUT2D eigenvalue weighted by molar-refractivity contribution is -0.384. The lowest BCUT2D eigenvalue weighted by Crippen LogP contribution is -2.16. The fourth-order valence-electron chi connectivity index (χ4n) is 2.05. The zero-order valence-corrected chi connectivity index (χ0v) is 13.9. The highest BCUT2D eigenvalue weighted by molar-refractivity contribution is 6.17. The van der Waals surface area contributed by atoms with Crippen molar-refractivity contribution in [3.63, 3.8) is 0 Å². The van der Waals surface area contributed by atoms with Crippen LogP contribution < -0.4 is 0 Å². The average molecular weight is 362 g/mol. The van der Waals surface area contributed by atoms with E-state index in [9.17, 15) is 24.5 Å². The number of esters is 2. The smallest absolute Gasteiger partial charge is 0.377 e. The van der Waals surface area contributed by atoms with Gasteiger partial charge in [0.15, 0.2) is 5.78 Å². The van der Waals surface area contributed by atoms with Gasteiger partial charge in [0.25, 0.3) is 11.4 Å². The predicted octanol–water partition coefficient (Wildman–Crippen LogP) is 2.17. The molecule has 26 heavy (non-hydrogen) atoms. The van der Waals surface area contributed by atoms with Crippen molar-refractivity contribution in [2.24, 2.45) is 0 Å². The molecule has 0 fully saturated rings. The summed E-state index contributed by atoms with van der Waals surface area (Å²) in [5, 5.41) is 14.2. The van der Waals surface area contributed by atoms with E-state index in [1.807, 2.05) is 0 Å². The third kappa shape index (κ3) is 3.74. The summed E-state index contributed by atoms with van der Waals surface area (Å²) in [5.74, 6) is -3.25. The number of aromatic nitrogens is 1. The Morgan fingerprint density at radius 2 is 1.65 bits per heavy atom. The number of nitro benzene ring substituents is 1. The van der Waals surface area contributed by atoms with Gasteiger partial charge in [-0.1, -0.05) is 5.16 Å². The van der Waals surface area contributed by atoms with Crippen molar-refractivity contribution >= 4 is 23.4 Å². The molecular formula is C16H14N2O8. The van der Waals surface area contributed by atoms with E-state index in [-0.39, 0.29) is 24.5 Å². The minimum Gasteiger partial charge on any atom is -0.461 e. The molecule has 0 aliphatic heterocycles. The topological polar surface area (TPSA) is 139 Å². The zero-order valence-electron chi connectivity index (χ0n) is 13.9. The maximum Gasteiger partial charge on any atom is 0.377 e. The van der Waals surface area contributed by atoms with Crippen LogP contribution in [0.4, 0.5) is 5.69 Å². The molecule has 0 aliphatic rings. The molecule has 0 unspecified atom stereocenters. The second kappa shape index (κ2) is 8.01. The van der Waals surface area contributed by atoms with Crippen molar-refractivity contribution < 1.29 is 33.3 Å². The lowest BCUT2D eigenvalue weighted by Gasteiger charge is -2.04. The first-order valence-corrected chi connectivity index (χ1v) is 7.53. The molecule has 0 saturated heterocycles. The first-order chi connectivity index (χ1) is 12.4. The van der Waals surface area contributed by atoms with Gasteiger partial charge >= 0.3 is 11.9 Å². The molecule has 1 heterocycles. The number of carbonyl (C=O) groups is 3. The number of carbonyl (C=O) groups excluding carboxylic acids is 3. The molecule has 0 bridgehead atoms. The summed E-state index contributed by atoms with van der Waals surface area (Å²) in [6.45, 7) is 3.14. The van der Waals surface area contributed by atoms with Crippen LogP contribution in [0, 0.1) is 10.1 Å². The van der Waals surface area contributed by atoms with Crippen LogP contribution in [0.3, 0.4) is 0 Å². The van der Waals surface area contributed by atoms with E-state index in [0.717, 1.165) is 12.1 Å². The van der Waals surface area contributed by atoms with E-state index >= 15 is 0 Å². The minimum atomic E-state index is -0.971. The summed E-state index contributed by atoms with van der Waals surface area (Å²) in [5.41, 5.74) is -1.12. The maximum atomic E-state index is 12.8. The molecule has 10 heteroatoms. The van der Waals surface area contributed by atoms with E-state index in [1.165, 1.54) is 12.1 Å². The lowest BCUT2D eigenvalue weighted by atomic mass is 10.0. The van der Waals surface area contributed by atoms with Crippen molar-refractivity contribution in [2.75, 3.05) is 13.2 Å². The number of rotatable bonds is 7. The molecule has 0 N–H and O–H groups in total. The van der Waals surface area contributed by atoms with Crippen LogP contribution in [0.2, 0.25) is 0 Å². The monoisotopic (exact) mass is 362 g/mol. The number of non-ortho nitro benzene ring substituents is 1. The van der Waals surface area contributed by atoms with E-state index in [2.05, 4.69) is 5.16 Å². The summed E-state index contributed by atoms with van der Waals surface area (Å²) in [7, 11) is 0. The van der Waals surface area contributed by atoms with Crippen LogP contribution in [0.25, 0.3) is 0 Å². The van der Waals surface area contributed by atoms with Crippen LogP contribution >= 0.6 is 0 Å². The van der Waals surface area contributed by atoms with Crippen molar-refractivity contribution in [3.8, 4) is 0 Å². The van der Waals surface area contributed by atoms with Gasteiger partial charge < -0.3 is 14.0 Å². The van der Waals surface area contributed by atoms with E-state index in [0.29, 0.717) is 0 Å². The van der Waals surface area contributed by atoms with Gasteiger partial charge in [-0.05, 0) is 26.0 Å². The van der Waals surface area contributed by atoms with Crippen LogP contribution in [0.5, 0.6) is 0 Å². The molecule has 2 aromatic rings. The summed E-state index contributed by atoms with van der Waals surface area (Å²) < 4.78 is 14.4. The van der Waals surface area contributed by atoms with Gasteiger partial charge in [-0.3, -0.25) is 14.9 Å². The summed E-state index contributed by atoms with van der Waals surface area (Å²) >= 11 is 0. The fourth-order valence-corrected chi connectivity index (χ4v) is 2.05. The maximum absolute atomic E-state index is 12.8. The SMILES string of the molecule is CCOC(=O)c1noc(C(=O)OCC)c1C(=O)c1ccc([N+](=O)[O-])cc1. The molecule has 1 aromatic heterocycles. The Morgan fingerprint density at radius 3 is 2.19 bits per heavy atom. The Labute approximate surface area is 146 Å². The molecule has 2 rings (SSSR count). The van der Waals surface area contributed by atoms with Crippen LogP contribution in [0.15, 0.2) is 28.8 Å². The zero-order chi connectivity index (χ0) is 19.3. The Hall–Kier alpha value is -3.56. The Balaban J connectivity index is 2.51. The standard InChI is InChI=1S/C16H14N2O8/c1-3-24-15(20)12-11(14(26-17-12)16(21)25-4-2)13(19)9-5-7-10(8-6-9)18(22)23/h5-8H,3-4H2,1-2H3. The molecule has 0 atom stereocenters. The van der Waals surface area contributed by atoms with Crippen molar-refractivity contribution in [2.45, 2.75) is 13.8 Å². The second-order valence-electron chi connectivity index (χ2n) is 4.81. The van der Waals surface area contributed by atoms with Crippen LogP contribution in [-0.4, -0.2) is 41.0 Å². The highest BCUT2D eigenvalue weighted by Crippen LogP contribution is 2.22.